The van der Waals surface area contributed by atoms with Crippen LogP contribution in [-0.4, -0.2) is 28.7 Å². The van der Waals surface area contributed by atoms with E-state index in [-0.39, 0.29) is 22.9 Å². The van der Waals surface area contributed by atoms with Crippen molar-refractivity contribution in [3.63, 3.8) is 0 Å². The summed E-state index contributed by atoms with van der Waals surface area (Å²) in [5.41, 5.74) is -0.0322. The van der Waals surface area contributed by atoms with Gasteiger partial charge in [0.2, 0.25) is 0 Å². The number of ether oxygens (including phenoxy) is 1. The normalized spacial score (nSPS) is 10.7. The van der Waals surface area contributed by atoms with Gasteiger partial charge < -0.3 is 9.84 Å². The first-order chi connectivity index (χ1) is 15.6. The highest BCUT2D eigenvalue weighted by Gasteiger charge is 2.31. The molecule has 0 aliphatic heterocycles. The summed E-state index contributed by atoms with van der Waals surface area (Å²) in [5.74, 6) is -3.15. The van der Waals surface area contributed by atoms with Gasteiger partial charge in [-0.25, -0.2) is 18.4 Å². The molecular formula is C22H18F2N2O6S. The fourth-order valence-corrected chi connectivity index (χ4v) is 4.51. The Balaban J connectivity index is 2.16. The molecule has 1 amide bonds. The number of anilines is 1. The van der Waals surface area contributed by atoms with Gasteiger partial charge in [0.05, 0.1) is 23.6 Å². The molecule has 1 aromatic heterocycles. The SMILES string of the molecule is CCOC(=O)N(Cc1c(F)cccc1F)c1sc(-c2ccc([N+](=O)[O-])cc2)c(C)c1C(=O)O. The lowest BCUT2D eigenvalue weighted by molar-refractivity contribution is -0.384. The fraction of sp³-hybridized carbons (Fsp3) is 0.182. The van der Waals surface area contributed by atoms with Crippen molar-refractivity contribution < 1.29 is 33.1 Å². The predicted molar refractivity (Wildman–Crippen MR) is 118 cm³/mol. The first-order valence-corrected chi connectivity index (χ1v) is 10.5. The summed E-state index contributed by atoms with van der Waals surface area (Å²) in [4.78, 5) is 36.5. The summed E-state index contributed by atoms with van der Waals surface area (Å²) in [6.07, 6.45) is -0.973. The molecule has 33 heavy (non-hydrogen) atoms. The monoisotopic (exact) mass is 476 g/mol. The van der Waals surface area contributed by atoms with Crippen LogP contribution in [-0.2, 0) is 11.3 Å². The lowest BCUT2D eigenvalue weighted by Gasteiger charge is -2.22. The molecular weight excluding hydrogens is 458 g/mol. The molecule has 2 aromatic carbocycles. The number of nitrogens with zero attached hydrogens (tertiary/aromatic N) is 2. The van der Waals surface area contributed by atoms with Gasteiger partial charge in [0.1, 0.15) is 16.6 Å². The van der Waals surface area contributed by atoms with Gasteiger partial charge in [0.15, 0.2) is 0 Å². The Labute approximate surface area is 190 Å². The Kier molecular flexibility index (Phi) is 7.02. The number of carbonyl (C=O) groups excluding carboxylic acids is 1. The number of carboxylic acid groups (broad SMARTS) is 1. The molecule has 11 heteroatoms. The zero-order valence-corrected chi connectivity index (χ0v) is 18.3. The van der Waals surface area contributed by atoms with Crippen LogP contribution >= 0.6 is 11.3 Å². The number of benzene rings is 2. The number of nitro groups is 1. The Morgan fingerprint density at radius 2 is 1.76 bits per heavy atom. The molecule has 0 bridgehead atoms. The van der Waals surface area contributed by atoms with Crippen molar-refractivity contribution in [1.29, 1.82) is 0 Å². The van der Waals surface area contributed by atoms with Gasteiger partial charge in [0, 0.05) is 22.6 Å². The summed E-state index contributed by atoms with van der Waals surface area (Å²) in [6, 6.07) is 8.69. The molecule has 1 N–H and O–H groups in total. The molecule has 3 rings (SSSR count). The number of hydrogen-bond donors (Lipinski definition) is 1. The Bertz CT molecular complexity index is 1210. The second kappa shape index (κ2) is 9.74. The molecule has 0 atom stereocenters. The second-order valence-corrected chi connectivity index (χ2v) is 7.83. The molecule has 8 nitrogen and oxygen atoms in total. The van der Waals surface area contributed by atoms with Crippen LogP contribution in [0, 0.1) is 28.7 Å². The maximum absolute atomic E-state index is 14.3. The molecule has 0 spiro atoms. The van der Waals surface area contributed by atoms with Crippen LogP contribution in [0.25, 0.3) is 10.4 Å². The first-order valence-electron chi connectivity index (χ1n) is 9.64. The molecule has 0 aliphatic carbocycles. The van der Waals surface area contributed by atoms with Gasteiger partial charge in [-0.3, -0.25) is 15.0 Å². The number of carboxylic acids is 1. The number of halogens is 2. The van der Waals surface area contributed by atoms with Gasteiger partial charge in [0.25, 0.3) is 5.69 Å². The van der Waals surface area contributed by atoms with E-state index in [0.29, 0.717) is 16.0 Å². The zero-order valence-electron chi connectivity index (χ0n) is 17.5. The summed E-state index contributed by atoms with van der Waals surface area (Å²) < 4.78 is 33.6. The third-order valence-corrected chi connectivity index (χ3v) is 6.16. The summed E-state index contributed by atoms with van der Waals surface area (Å²) in [5, 5.41) is 20.7. The minimum absolute atomic E-state index is 0.0446. The van der Waals surface area contributed by atoms with Crippen molar-refractivity contribution in [2.45, 2.75) is 20.4 Å². The van der Waals surface area contributed by atoms with E-state index in [1.54, 1.807) is 6.92 Å². The van der Waals surface area contributed by atoms with Crippen molar-refractivity contribution in [2.75, 3.05) is 11.5 Å². The summed E-state index contributed by atoms with van der Waals surface area (Å²) >= 11 is 0.905. The lowest BCUT2D eigenvalue weighted by Crippen LogP contribution is -2.32. The molecule has 0 aliphatic rings. The van der Waals surface area contributed by atoms with Crippen LogP contribution in [0.4, 0.5) is 24.3 Å². The van der Waals surface area contributed by atoms with Crippen LogP contribution < -0.4 is 4.90 Å². The van der Waals surface area contributed by atoms with Gasteiger partial charge in [-0.05, 0) is 49.2 Å². The smallest absolute Gasteiger partial charge is 0.415 e. The van der Waals surface area contributed by atoms with E-state index in [4.69, 9.17) is 4.74 Å². The number of rotatable bonds is 7. The molecule has 0 fully saturated rings. The van der Waals surface area contributed by atoms with E-state index in [9.17, 15) is 33.6 Å². The molecule has 172 valence electrons. The van der Waals surface area contributed by atoms with E-state index in [1.165, 1.54) is 37.3 Å². The Hall–Kier alpha value is -3.86. The van der Waals surface area contributed by atoms with E-state index in [2.05, 4.69) is 0 Å². The van der Waals surface area contributed by atoms with E-state index in [1.807, 2.05) is 0 Å². The van der Waals surface area contributed by atoms with Crippen molar-refractivity contribution >= 4 is 34.1 Å². The number of non-ortho nitro benzene ring substituents is 1. The van der Waals surface area contributed by atoms with E-state index < -0.39 is 40.7 Å². The van der Waals surface area contributed by atoms with Gasteiger partial charge in [-0.15, -0.1) is 11.3 Å². The highest BCUT2D eigenvalue weighted by Crippen LogP contribution is 2.43. The molecule has 0 saturated carbocycles. The lowest BCUT2D eigenvalue weighted by atomic mass is 10.1. The van der Waals surface area contributed by atoms with Gasteiger partial charge in [-0.1, -0.05) is 6.07 Å². The molecule has 0 radical (unpaired) electrons. The van der Waals surface area contributed by atoms with Crippen molar-refractivity contribution in [1.82, 2.24) is 0 Å². The summed E-state index contributed by atoms with van der Waals surface area (Å²) in [6.45, 7) is 2.42. The maximum Gasteiger partial charge on any atom is 0.415 e. The molecule has 3 aromatic rings. The average molecular weight is 476 g/mol. The number of amides is 1. The quantitative estimate of drug-likeness (QED) is 0.342. The van der Waals surface area contributed by atoms with Crippen LogP contribution in [0.15, 0.2) is 42.5 Å². The third-order valence-electron chi connectivity index (χ3n) is 4.79. The number of hydrogen-bond acceptors (Lipinski definition) is 6. The third kappa shape index (κ3) is 4.82. The zero-order chi connectivity index (χ0) is 24.3. The first kappa shape index (κ1) is 23.8. The Morgan fingerprint density at radius 3 is 2.27 bits per heavy atom. The van der Waals surface area contributed by atoms with Crippen molar-refractivity contribution in [2.24, 2.45) is 0 Å². The number of carbonyl (C=O) groups is 2. The molecule has 0 saturated heterocycles. The van der Waals surface area contributed by atoms with Crippen LogP contribution in [0.5, 0.6) is 0 Å². The van der Waals surface area contributed by atoms with E-state index in [0.717, 1.165) is 28.4 Å². The predicted octanol–water partition coefficient (Wildman–Crippen LogP) is 5.77. The average Bonchev–Trinajstić information content (AvgIpc) is 3.10. The van der Waals surface area contributed by atoms with Crippen LogP contribution in [0.2, 0.25) is 0 Å². The highest BCUT2D eigenvalue weighted by molar-refractivity contribution is 7.20. The fourth-order valence-electron chi connectivity index (χ4n) is 3.21. The minimum atomic E-state index is -1.35. The highest BCUT2D eigenvalue weighted by atomic mass is 32.1. The standard InChI is InChI=1S/C22H18F2N2O6S/c1-3-32-22(29)25(11-15-16(23)5-4-6-17(15)24)20-18(21(27)28)12(2)19(33-20)13-7-9-14(10-8-13)26(30)31/h4-10H,3,11H2,1-2H3,(H,27,28). The van der Waals surface area contributed by atoms with Crippen molar-refractivity contribution in [3.8, 4) is 10.4 Å². The summed E-state index contributed by atoms with van der Waals surface area (Å²) in [7, 11) is 0. The van der Waals surface area contributed by atoms with Gasteiger partial charge >= 0.3 is 12.1 Å². The molecule has 1 heterocycles. The number of aromatic carboxylic acids is 1. The second-order valence-electron chi connectivity index (χ2n) is 6.83. The number of thiophene rings is 1. The van der Waals surface area contributed by atoms with Crippen molar-refractivity contribution in [3.05, 3.63) is 80.9 Å². The topological polar surface area (TPSA) is 110 Å². The maximum atomic E-state index is 14.3. The Morgan fingerprint density at radius 1 is 1.15 bits per heavy atom. The van der Waals surface area contributed by atoms with Gasteiger partial charge in [-0.2, -0.15) is 0 Å². The minimum Gasteiger partial charge on any atom is -0.478 e. The largest absolute Gasteiger partial charge is 0.478 e. The number of nitro benzene ring substituents is 1. The van der Waals surface area contributed by atoms with Crippen LogP contribution in [0.1, 0.15) is 28.4 Å². The molecule has 0 unspecified atom stereocenters. The van der Waals surface area contributed by atoms with E-state index >= 15 is 0 Å². The van der Waals surface area contributed by atoms with Crippen LogP contribution in [0.3, 0.4) is 0 Å².